The first kappa shape index (κ1) is 26.1. The summed E-state index contributed by atoms with van der Waals surface area (Å²) in [5.74, 6) is 0.102. The van der Waals surface area contributed by atoms with Crippen molar-refractivity contribution in [1.29, 1.82) is 0 Å². The molecule has 190 valence electrons. The predicted octanol–water partition coefficient (Wildman–Crippen LogP) is 4.33. The number of rotatable bonds is 8. The molecule has 0 aliphatic rings. The average Bonchev–Trinajstić information content (AvgIpc) is 3.43. The van der Waals surface area contributed by atoms with E-state index in [4.69, 9.17) is 4.74 Å². The number of methoxy groups -OCH3 is 1. The van der Waals surface area contributed by atoms with Gasteiger partial charge >= 0.3 is 5.97 Å². The number of aryl methyl sites for hydroxylation is 3. The van der Waals surface area contributed by atoms with E-state index < -0.39 is 5.97 Å². The molecule has 4 rings (SSSR count). The molecule has 3 heterocycles. The summed E-state index contributed by atoms with van der Waals surface area (Å²) >= 11 is 0. The summed E-state index contributed by atoms with van der Waals surface area (Å²) in [6, 6.07) is 5.37. The lowest BCUT2D eigenvalue weighted by molar-refractivity contribution is 0.0697. The third-order valence-electron chi connectivity index (χ3n) is 5.25. The molecular weight excluding hydrogens is 462 g/mol. The average molecular weight is 494 g/mol. The number of hydrogen-bond donors (Lipinski definition) is 3. The largest absolute Gasteiger partial charge is 0.494 e. The number of aromatic carboxylic acids is 1. The zero-order chi connectivity index (χ0) is 26.4. The molecule has 0 spiro atoms. The molecule has 3 N–H and O–H groups in total. The molecule has 0 atom stereocenters. The van der Waals surface area contributed by atoms with E-state index in [1.807, 2.05) is 45.4 Å². The number of benzene rings is 1. The summed E-state index contributed by atoms with van der Waals surface area (Å²) in [6.07, 6.45) is 2.84. The summed E-state index contributed by atoms with van der Waals surface area (Å²) in [5, 5.41) is 24.8. The topological polar surface area (TPSA) is 145 Å². The number of nitrogens with one attached hydrogen (secondary N) is 2. The predicted molar refractivity (Wildman–Crippen MR) is 137 cm³/mol. The highest BCUT2D eigenvalue weighted by molar-refractivity contribution is 5.94. The van der Waals surface area contributed by atoms with Gasteiger partial charge in [0.05, 0.1) is 35.4 Å². The maximum absolute atomic E-state index is 11.9. The summed E-state index contributed by atoms with van der Waals surface area (Å²) in [5.41, 5.74) is 3.55. The van der Waals surface area contributed by atoms with Crippen LogP contribution in [0, 0.1) is 13.8 Å². The van der Waals surface area contributed by atoms with Crippen molar-refractivity contribution in [3.8, 4) is 17.1 Å². The van der Waals surface area contributed by atoms with Crippen molar-refractivity contribution in [2.75, 3.05) is 17.7 Å². The maximum atomic E-state index is 11.9. The van der Waals surface area contributed by atoms with E-state index in [9.17, 15) is 9.90 Å². The molecule has 12 nitrogen and oxygen atoms in total. The monoisotopic (exact) mass is 493 g/mol. The van der Waals surface area contributed by atoms with E-state index in [1.54, 1.807) is 30.2 Å². The van der Waals surface area contributed by atoms with Crippen LogP contribution in [0.2, 0.25) is 0 Å². The van der Waals surface area contributed by atoms with Gasteiger partial charge in [-0.1, -0.05) is 19.9 Å². The van der Waals surface area contributed by atoms with Crippen LogP contribution in [0.15, 0.2) is 30.7 Å². The van der Waals surface area contributed by atoms with Crippen LogP contribution in [-0.2, 0) is 13.6 Å². The van der Waals surface area contributed by atoms with Crippen molar-refractivity contribution in [2.24, 2.45) is 7.05 Å². The van der Waals surface area contributed by atoms with E-state index in [2.05, 4.69) is 35.8 Å². The number of carbonyl (C=O) groups is 1. The summed E-state index contributed by atoms with van der Waals surface area (Å²) in [6.45, 7) is 10.6. The van der Waals surface area contributed by atoms with E-state index in [0.29, 0.717) is 22.8 Å². The SMILES string of the molecule is CC.CCn1nc(C)c(Nc2ncc(C(=O)O)c(Nc3cccc(-c4ncn(C)n4)c3OC)n2)c1C. The van der Waals surface area contributed by atoms with Crippen molar-refractivity contribution in [1.82, 2.24) is 34.5 Å². The lowest BCUT2D eigenvalue weighted by Crippen LogP contribution is -2.09. The van der Waals surface area contributed by atoms with Gasteiger partial charge in [-0.05, 0) is 32.9 Å². The quantitative estimate of drug-likeness (QED) is 0.324. The van der Waals surface area contributed by atoms with E-state index in [0.717, 1.165) is 23.6 Å². The van der Waals surface area contributed by atoms with E-state index in [-0.39, 0.29) is 17.3 Å². The number of para-hydroxylation sites is 1. The molecule has 4 aromatic rings. The Kier molecular flexibility index (Phi) is 8.20. The third-order valence-corrected chi connectivity index (χ3v) is 5.25. The second-order valence-electron chi connectivity index (χ2n) is 7.50. The normalized spacial score (nSPS) is 10.4. The van der Waals surface area contributed by atoms with Crippen LogP contribution in [0.4, 0.5) is 23.1 Å². The minimum absolute atomic E-state index is 0.0911. The molecule has 0 bridgehead atoms. The van der Waals surface area contributed by atoms with Gasteiger partial charge < -0.3 is 20.5 Å². The Bertz CT molecular complexity index is 1360. The first-order valence-electron chi connectivity index (χ1n) is 11.5. The smallest absolute Gasteiger partial charge is 0.341 e. The van der Waals surface area contributed by atoms with Crippen LogP contribution in [0.25, 0.3) is 11.4 Å². The van der Waals surface area contributed by atoms with Crippen LogP contribution in [-0.4, -0.2) is 52.7 Å². The molecule has 0 aliphatic carbocycles. The summed E-state index contributed by atoms with van der Waals surface area (Å²) in [7, 11) is 3.29. The van der Waals surface area contributed by atoms with Crippen LogP contribution >= 0.6 is 0 Å². The minimum Gasteiger partial charge on any atom is -0.494 e. The summed E-state index contributed by atoms with van der Waals surface area (Å²) in [4.78, 5) is 24.8. The van der Waals surface area contributed by atoms with Crippen molar-refractivity contribution in [3.63, 3.8) is 0 Å². The Morgan fingerprint density at radius 1 is 1.14 bits per heavy atom. The second kappa shape index (κ2) is 11.3. The number of ether oxygens (including phenoxy) is 1. The molecule has 0 fully saturated rings. The number of anilines is 4. The summed E-state index contributed by atoms with van der Waals surface area (Å²) < 4.78 is 9.07. The van der Waals surface area contributed by atoms with Crippen molar-refractivity contribution >= 4 is 29.1 Å². The Morgan fingerprint density at radius 3 is 2.47 bits per heavy atom. The lowest BCUT2D eigenvalue weighted by Gasteiger charge is -2.15. The Labute approximate surface area is 209 Å². The molecule has 0 radical (unpaired) electrons. The van der Waals surface area contributed by atoms with E-state index in [1.165, 1.54) is 13.3 Å². The second-order valence-corrected chi connectivity index (χ2v) is 7.50. The number of hydrogen-bond acceptors (Lipinski definition) is 9. The van der Waals surface area contributed by atoms with Gasteiger partial charge in [-0.2, -0.15) is 15.2 Å². The van der Waals surface area contributed by atoms with Crippen LogP contribution in [0.1, 0.15) is 42.5 Å². The Hall–Kier alpha value is -4.48. The van der Waals surface area contributed by atoms with Crippen molar-refractivity contribution < 1.29 is 14.6 Å². The van der Waals surface area contributed by atoms with Gasteiger partial charge in [0.1, 0.15) is 11.9 Å². The van der Waals surface area contributed by atoms with Gasteiger partial charge in [-0.3, -0.25) is 9.36 Å². The molecule has 0 aliphatic heterocycles. The zero-order valence-corrected chi connectivity index (χ0v) is 21.5. The van der Waals surface area contributed by atoms with Crippen molar-refractivity contribution in [2.45, 2.75) is 41.2 Å². The number of carboxylic acids is 1. The Balaban J connectivity index is 0.00000176. The lowest BCUT2D eigenvalue weighted by atomic mass is 10.1. The van der Waals surface area contributed by atoms with Gasteiger partial charge in [-0.25, -0.2) is 14.8 Å². The molecule has 0 unspecified atom stereocenters. The standard InChI is InChI=1S/C22H25N9O3.C2H6/c1-6-31-13(3)17(12(2)28-31)26-22-23-10-15(21(32)33)20(27-22)25-16-9-7-8-14(18(16)34-5)19-24-11-30(4)29-19;1-2/h7-11H,6H2,1-5H3,(H,32,33)(H2,23,25,26,27);1-2H3. The molecule has 0 amide bonds. The highest BCUT2D eigenvalue weighted by Crippen LogP contribution is 2.36. The fourth-order valence-corrected chi connectivity index (χ4v) is 3.61. The highest BCUT2D eigenvalue weighted by Gasteiger charge is 2.20. The third kappa shape index (κ3) is 5.27. The van der Waals surface area contributed by atoms with Crippen LogP contribution < -0.4 is 15.4 Å². The van der Waals surface area contributed by atoms with E-state index >= 15 is 0 Å². The Morgan fingerprint density at radius 2 is 1.89 bits per heavy atom. The fraction of sp³-hybridized carbons (Fsp3) is 0.333. The van der Waals surface area contributed by atoms with Gasteiger partial charge in [0, 0.05) is 19.8 Å². The molecule has 3 aromatic heterocycles. The number of nitrogens with zero attached hydrogens (tertiary/aromatic N) is 7. The molecule has 0 saturated carbocycles. The van der Waals surface area contributed by atoms with Gasteiger partial charge in [0.2, 0.25) is 5.95 Å². The number of carboxylic acid groups (broad SMARTS) is 1. The molecular formula is C24H31N9O3. The first-order valence-corrected chi connectivity index (χ1v) is 11.5. The molecule has 1 aromatic carbocycles. The molecule has 12 heteroatoms. The van der Waals surface area contributed by atoms with Gasteiger partial charge in [0.25, 0.3) is 0 Å². The van der Waals surface area contributed by atoms with Crippen molar-refractivity contribution in [3.05, 3.63) is 47.7 Å². The maximum Gasteiger partial charge on any atom is 0.341 e. The number of aromatic nitrogens is 7. The van der Waals surface area contributed by atoms with Crippen LogP contribution in [0.5, 0.6) is 5.75 Å². The van der Waals surface area contributed by atoms with Gasteiger partial charge in [-0.15, -0.1) is 0 Å². The first-order chi connectivity index (χ1) is 17.3. The highest BCUT2D eigenvalue weighted by atomic mass is 16.5. The zero-order valence-electron chi connectivity index (χ0n) is 21.5. The minimum atomic E-state index is -1.17. The fourth-order valence-electron chi connectivity index (χ4n) is 3.61. The van der Waals surface area contributed by atoms with Gasteiger partial charge in [0.15, 0.2) is 17.4 Å². The molecule has 36 heavy (non-hydrogen) atoms. The molecule has 0 saturated heterocycles. The van der Waals surface area contributed by atoms with Crippen LogP contribution in [0.3, 0.4) is 0 Å².